The zero-order valence-corrected chi connectivity index (χ0v) is 18.1. The highest BCUT2D eigenvalue weighted by molar-refractivity contribution is 5.82. The molecule has 1 fully saturated rings. The molecule has 158 valence electrons. The zero-order valence-electron chi connectivity index (χ0n) is 18.1. The summed E-state index contributed by atoms with van der Waals surface area (Å²) in [4.78, 5) is 16.5. The molecule has 1 aliphatic rings. The Bertz CT molecular complexity index is 1060. The summed E-state index contributed by atoms with van der Waals surface area (Å²) < 4.78 is 15.2. The van der Waals surface area contributed by atoms with E-state index in [1.54, 1.807) is 19.1 Å². The molecule has 2 aromatic carbocycles. The Morgan fingerprint density at radius 2 is 1.93 bits per heavy atom. The fourth-order valence-electron chi connectivity index (χ4n) is 4.43. The molecule has 1 saturated heterocycles. The number of nitrogens with zero attached hydrogens (tertiary/aromatic N) is 4. The Kier molecular flexibility index (Phi) is 5.60. The number of amides is 1. The number of aryl methyl sites for hydroxylation is 1. The first-order valence-corrected chi connectivity index (χ1v) is 10.6. The number of hydrogen-bond donors (Lipinski definition) is 0. The summed E-state index contributed by atoms with van der Waals surface area (Å²) >= 11 is 0. The third-order valence-electron chi connectivity index (χ3n) is 5.92. The normalized spacial score (nSPS) is 17.8. The Labute approximate surface area is 177 Å². The summed E-state index contributed by atoms with van der Waals surface area (Å²) in [5.41, 5.74) is 4.25. The maximum absolute atomic E-state index is 13.3. The lowest BCUT2D eigenvalue weighted by Gasteiger charge is -2.42. The Balaban J connectivity index is 1.74. The molecule has 0 bridgehead atoms. The molecular formula is C24H29FN4O. The van der Waals surface area contributed by atoms with Gasteiger partial charge in [0.25, 0.3) is 0 Å². The minimum absolute atomic E-state index is 0.132. The van der Waals surface area contributed by atoms with Gasteiger partial charge in [-0.15, -0.1) is 0 Å². The first-order chi connectivity index (χ1) is 14.3. The van der Waals surface area contributed by atoms with Crippen molar-refractivity contribution in [2.45, 2.75) is 33.7 Å². The van der Waals surface area contributed by atoms with Crippen LogP contribution in [0.5, 0.6) is 0 Å². The topological polar surface area (TPSA) is 41.4 Å². The molecule has 1 atom stereocenters. The van der Waals surface area contributed by atoms with E-state index in [2.05, 4.69) is 42.9 Å². The predicted molar refractivity (Wildman–Crippen MR) is 117 cm³/mol. The van der Waals surface area contributed by atoms with Crippen LogP contribution in [0.3, 0.4) is 0 Å². The van der Waals surface area contributed by atoms with E-state index in [0.29, 0.717) is 12.5 Å². The highest BCUT2D eigenvalue weighted by Crippen LogP contribution is 2.32. The third-order valence-corrected chi connectivity index (χ3v) is 5.92. The fourth-order valence-corrected chi connectivity index (χ4v) is 4.43. The van der Waals surface area contributed by atoms with E-state index >= 15 is 0 Å². The van der Waals surface area contributed by atoms with Crippen LogP contribution in [-0.4, -0.2) is 51.7 Å². The van der Waals surface area contributed by atoms with Crippen molar-refractivity contribution in [3.8, 4) is 5.69 Å². The number of aromatic nitrogens is 2. The molecule has 3 aromatic rings. The first-order valence-electron chi connectivity index (χ1n) is 10.6. The summed E-state index contributed by atoms with van der Waals surface area (Å²) in [6, 6.07) is 10.9. The van der Waals surface area contributed by atoms with Gasteiger partial charge in [0.1, 0.15) is 5.82 Å². The number of fused-ring (bicyclic) bond motifs is 1. The maximum Gasteiger partial charge on any atom is 0.219 e. The molecule has 4 rings (SSSR count). The van der Waals surface area contributed by atoms with Gasteiger partial charge in [-0.3, -0.25) is 9.69 Å². The van der Waals surface area contributed by atoms with Crippen molar-refractivity contribution in [2.24, 2.45) is 5.92 Å². The lowest BCUT2D eigenvalue weighted by molar-refractivity contribution is -0.132. The van der Waals surface area contributed by atoms with E-state index in [9.17, 15) is 9.18 Å². The summed E-state index contributed by atoms with van der Waals surface area (Å²) in [5, 5.41) is 5.59. The number of carbonyl (C=O) groups is 1. The summed E-state index contributed by atoms with van der Waals surface area (Å²) in [5.74, 6) is 0.431. The summed E-state index contributed by atoms with van der Waals surface area (Å²) in [6.07, 6.45) is 1.86. The molecular weight excluding hydrogens is 379 g/mol. The number of piperazine rings is 1. The molecule has 0 N–H and O–H groups in total. The second kappa shape index (κ2) is 8.19. The highest BCUT2D eigenvalue weighted by Gasteiger charge is 2.31. The van der Waals surface area contributed by atoms with Gasteiger partial charge in [-0.25, -0.2) is 9.07 Å². The smallest absolute Gasteiger partial charge is 0.219 e. The minimum Gasteiger partial charge on any atom is -0.340 e. The number of hydrogen-bond acceptors (Lipinski definition) is 3. The number of halogens is 1. The van der Waals surface area contributed by atoms with Crippen LogP contribution in [0.2, 0.25) is 0 Å². The highest BCUT2D eigenvalue weighted by atomic mass is 19.1. The van der Waals surface area contributed by atoms with Crippen molar-refractivity contribution in [3.05, 3.63) is 59.5 Å². The molecule has 6 heteroatoms. The van der Waals surface area contributed by atoms with Gasteiger partial charge >= 0.3 is 0 Å². The van der Waals surface area contributed by atoms with Gasteiger partial charge in [0.05, 0.1) is 23.4 Å². The van der Waals surface area contributed by atoms with Gasteiger partial charge < -0.3 is 4.90 Å². The quantitative estimate of drug-likeness (QED) is 0.645. The fraction of sp³-hybridized carbons (Fsp3) is 0.417. The molecule has 0 spiro atoms. The van der Waals surface area contributed by atoms with Crippen molar-refractivity contribution in [2.75, 3.05) is 26.2 Å². The molecule has 1 aromatic heterocycles. The van der Waals surface area contributed by atoms with Gasteiger partial charge in [0.15, 0.2) is 0 Å². The van der Waals surface area contributed by atoms with Gasteiger partial charge in [-0.2, -0.15) is 5.10 Å². The average Bonchev–Trinajstić information content (AvgIpc) is 3.10. The number of rotatable bonds is 4. The molecule has 5 nitrogen and oxygen atoms in total. The Morgan fingerprint density at radius 3 is 2.60 bits per heavy atom. The third kappa shape index (κ3) is 3.97. The summed E-state index contributed by atoms with van der Waals surface area (Å²) in [7, 11) is 0. The van der Waals surface area contributed by atoms with Crippen LogP contribution in [0.4, 0.5) is 4.39 Å². The van der Waals surface area contributed by atoms with E-state index in [4.69, 9.17) is 0 Å². The van der Waals surface area contributed by atoms with E-state index in [0.717, 1.165) is 36.2 Å². The first kappa shape index (κ1) is 20.5. The molecule has 2 heterocycles. The average molecular weight is 409 g/mol. The number of benzene rings is 2. The molecule has 0 saturated carbocycles. The van der Waals surface area contributed by atoms with Crippen LogP contribution < -0.4 is 0 Å². The lowest BCUT2D eigenvalue weighted by atomic mass is 9.95. The molecule has 0 radical (unpaired) electrons. The van der Waals surface area contributed by atoms with Crippen LogP contribution in [-0.2, 0) is 4.79 Å². The van der Waals surface area contributed by atoms with Gasteiger partial charge in [0.2, 0.25) is 5.91 Å². The molecule has 1 unspecified atom stereocenters. The second-order valence-electron chi connectivity index (χ2n) is 8.67. The Hall–Kier alpha value is -2.73. The van der Waals surface area contributed by atoms with Gasteiger partial charge in [-0.1, -0.05) is 13.8 Å². The molecule has 30 heavy (non-hydrogen) atoms. The minimum atomic E-state index is -0.258. The SMILES string of the molecule is CC(=O)N1CCN(CC(C)C)C(c2cc3cnn(-c4ccc(F)cc4)c3cc2C)C1. The van der Waals surface area contributed by atoms with Crippen molar-refractivity contribution in [1.29, 1.82) is 0 Å². The lowest BCUT2D eigenvalue weighted by Crippen LogP contribution is -2.50. The van der Waals surface area contributed by atoms with E-state index in [1.165, 1.54) is 23.3 Å². The largest absolute Gasteiger partial charge is 0.340 e. The maximum atomic E-state index is 13.3. The Morgan fingerprint density at radius 1 is 1.20 bits per heavy atom. The molecule has 0 aliphatic carbocycles. The standard InChI is InChI=1S/C24H29FN4O/c1-16(2)14-28-10-9-27(18(4)30)15-24(28)22-12-19-13-26-29(23(19)11-17(22)3)21-7-5-20(25)6-8-21/h5-8,11-13,16,24H,9-10,14-15H2,1-4H3. The molecule has 1 aliphatic heterocycles. The van der Waals surface area contributed by atoms with Crippen LogP contribution in [0, 0.1) is 18.7 Å². The van der Waals surface area contributed by atoms with Crippen LogP contribution >= 0.6 is 0 Å². The van der Waals surface area contributed by atoms with Gasteiger partial charge in [0, 0.05) is 38.5 Å². The van der Waals surface area contributed by atoms with E-state index in [1.807, 2.05) is 15.8 Å². The monoisotopic (exact) mass is 408 g/mol. The predicted octanol–water partition coefficient (Wildman–Crippen LogP) is 4.33. The molecule has 1 amide bonds. The van der Waals surface area contributed by atoms with E-state index < -0.39 is 0 Å². The summed E-state index contributed by atoms with van der Waals surface area (Å²) in [6.45, 7) is 11.6. The van der Waals surface area contributed by atoms with E-state index in [-0.39, 0.29) is 17.8 Å². The van der Waals surface area contributed by atoms with Crippen LogP contribution in [0.1, 0.15) is 37.9 Å². The second-order valence-corrected chi connectivity index (χ2v) is 8.67. The van der Waals surface area contributed by atoms with Crippen molar-refractivity contribution >= 4 is 16.8 Å². The van der Waals surface area contributed by atoms with Gasteiger partial charge in [-0.05, 0) is 60.4 Å². The zero-order chi connectivity index (χ0) is 21.4. The van der Waals surface area contributed by atoms with Crippen molar-refractivity contribution in [3.63, 3.8) is 0 Å². The van der Waals surface area contributed by atoms with Crippen LogP contribution in [0.25, 0.3) is 16.6 Å². The van der Waals surface area contributed by atoms with Crippen LogP contribution in [0.15, 0.2) is 42.6 Å². The number of carbonyl (C=O) groups excluding carboxylic acids is 1. The van der Waals surface area contributed by atoms with Crippen molar-refractivity contribution < 1.29 is 9.18 Å². The van der Waals surface area contributed by atoms with Crippen molar-refractivity contribution in [1.82, 2.24) is 19.6 Å².